The van der Waals surface area contributed by atoms with E-state index in [0.29, 0.717) is 24.0 Å². The van der Waals surface area contributed by atoms with Crippen LogP contribution in [0.25, 0.3) is 10.9 Å². The van der Waals surface area contributed by atoms with E-state index in [-0.39, 0.29) is 24.9 Å². The number of carbonyl (C=O) groups is 3. The number of Topliss-reactive ketones (excluding diaryl/α,β-unsaturated/α-hetero) is 2. The average molecular weight is 735 g/mol. The Morgan fingerprint density at radius 2 is 1.80 bits per heavy atom. The van der Waals surface area contributed by atoms with E-state index in [1.165, 1.54) is 0 Å². The first kappa shape index (κ1) is 38.1. The van der Waals surface area contributed by atoms with Gasteiger partial charge in [-0.1, -0.05) is 93.3 Å². The van der Waals surface area contributed by atoms with Crippen LogP contribution in [0.5, 0.6) is 0 Å². The molecule has 1 amide bonds. The summed E-state index contributed by atoms with van der Waals surface area (Å²) in [4.78, 5) is 49.1. The fourth-order valence-corrected chi connectivity index (χ4v) is 10.5. The van der Waals surface area contributed by atoms with E-state index in [1.807, 2.05) is 106 Å². The molecular weight excluding hydrogens is 681 g/mol. The van der Waals surface area contributed by atoms with Crippen LogP contribution in [0, 0.1) is 52.8 Å². The van der Waals surface area contributed by atoms with E-state index in [1.54, 1.807) is 6.92 Å². The first-order chi connectivity index (χ1) is 25.9. The highest BCUT2D eigenvalue weighted by Crippen LogP contribution is 2.59. The number of benzene rings is 1. The summed E-state index contributed by atoms with van der Waals surface area (Å²) in [5, 5.41) is 39.7. The first-order valence-corrected chi connectivity index (χ1v) is 19.5. The van der Waals surface area contributed by atoms with Gasteiger partial charge in [0.2, 0.25) is 5.91 Å². The van der Waals surface area contributed by atoms with Gasteiger partial charge in [0.1, 0.15) is 11.5 Å². The minimum Gasteiger partial charge on any atom is -0.390 e. The van der Waals surface area contributed by atoms with Crippen LogP contribution in [0.1, 0.15) is 46.1 Å². The van der Waals surface area contributed by atoms with Crippen LogP contribution in [0.15, 0.2) is 103 Å². The maximum absolute atomic E-state index is 15.9. The molecule has 2 aliphatic heterocycles. The number of carbonyl (C=O) groups excluding carboxylic acids is 3. The first-order valence-electron chi connectivity index (χ1n) is 19.5. The van der Waals surface area contributed by atoms with Crippen molar-refractivity contribution < 1.29 is 34.4 Å². The van der Waals surface area contributed by atoms with Crippen molar-refractivity contribution in [2.24, 2.45) is 52.8 Å². The number of fused-ring (bicyclic) bond motifs is 2. The van der Waals surface area contributed by atoms with E-state index in [4.69, 9.17) is 4.74 Å². The second kappa shape index (κ2) is 15.2. The van der Waals surface area contributed by atoms with E-state index in [0.717, 1.165) is 16.5 Å². The van der Waals surface area contributed by atoms with E-state index >= 15 is 9.59 Å². The van der Waals surface area contributed by atoms with Crippen LogP contribution in [0.4, 0.5) is 0 Å². The molecule has 1 saturated carbocycles. The third kappa shape index (κ3) is 6.23. The molecule has 9 nitrogen and oxygen atoms in total. The SMILES string of the molecule is C=C1[C@@H](C)[C@H]2[C@H](Cc3c[nH]c4ccccc34)NC(=O)[C@]23C(=O)[C@H]2CC=C[C@@H]([C@H]4OC[C@@H](C=CC=CC)[C@@H]4O)[C@@H]2C(=O)[C@H](O)C(C)=C[C@@H](C)CC=C[C@H]3[C@@H]1O. The normalized spacial score (nSPS) is 40.3. The molecule has 2 aromatic rings. The molecule has 286 valence electrons. The number of aromatic amines is 1. The molecule has 9 heteroatoms. The van der Waals surface area contributed by atoms with Gasteiger partial charge in [0.15, 0.2) is 11.6 Å². The van der Waals surface area contributed by atoms with Crippen LogP contribution in [-0.2, 0) is 25.5 Å². The monoisotopic (exact) mass is 734 g/mol. The largest absolute Gasteiger partial charge is 0.390 e. The quantitative estimate of drug-likeness (QED) is 0.158. The number of nitrogens with one attached hydrogen (secondary N) is 2. The Balaban J connectivity index is 1.37. The minimum atomic E-state index is -1.75. The summed E-state index contributed by atoms with van der Waals surface area (Å²) in [6.07, 6.45) is 15.3. The number of allylic oxidation sites excluding steroid dienone is 6. The standard InChI is InChI=1S/C45H54N2O7/c1-6-7-8-14-28-23-54-42(40(28)50)31-16-12-17-32-36(31)41(51)38(48)25(3)20-24(2)13-11-18-33-39(49)27(5)26(4)37-35(47-44(53)45(33,37)43(32)52)21-29-22-46-34-19-10-9-15-30(29)34/h6-12,14-16,18-20,22,24,26,28,31-33,35-40,42,46,48-50H,5,13,17,21,23H2,1-4H3,(H,47,53)/t24-,26+,28+,31+,32-,33-,35-,36-,37-,38+,39+,40-,42+,45-/m0/s1. The van der Waals surface area contributed by atoms with Crippen molar-refractivity contribution in [1.82, 2.24) is 10.3 Å². The van der Waals surface area contributed by atoms with E-state index < -0.39 is 88.9 Å². The lowest BCUT2D eigenvalue weighted by Crippen LogP contribution is -2.61. The summed E-state index contributed by atoms with van der Waals surface area (Å²) < 4.78 is 6.24. The number of rotatable bonds is 5. The molecule has 14 atom stereocenters. The summed E-state index contributed by atoms with van der Waals surface area (Å²) in [6, 6.07) is 7.48. The summed E-state index contributed by atoms with van der Waals surface area (Å²) in [5.74, 6) is -6.72. The number of ether oxygens (including phenoxy) is 1. The minimum absolute atomic E-state index is 0.0932. The Morgan fingerprint density at radius 1 is 1.04 bits per heavy atom. The van der Waals surface area contributed by atoms with E-state index in [2.05, 4.69) is 16.9 Å². The third-order valence-electron chi connectivity index (χ3n) is 13.2. The maximum atomic E-state index is 15.9. The highest BCUT2D eigenvalue weighted by molar-refractivity contribution is 6.11. The molecule has 5 N–H and O–H groups in total. The number of ketones is 2. The summed E-state index contributed by atoms with van der Waals surface area (Å²) >= 11 is 0. The topological polar surface area (TPSA) is 149 Å². The van der Waals surface area contributed by atoms with Crippen molar-refractivity contribution in [1.29, 1.82) is 0 Å². The van der Waals surface area contributed by atoms with Crippen LogP contribution in [0.2, 0.25) is 0 Å². The molecule has 54 heavy (non-hydrogen) atoms. The van der Waals surface area contributed by atoms with Gasteiger partial charge in [0.25, 0.3) is 0 Å². The van der Waals surface area contributed by atoms with Crippen molar-refractivity contribution in [3.05, 3.63) is 108 Å². The molecule has 3 heterocycles. The fraction of sp³-hybridized carbons (Fsp3) is 0.489. The fourth-order valence-electron chi connectivity index (χ4n) is 10.5. The van der Waals surface area contributed by atoms with Gasteiger partial charge < -0.3 is 30.4 Å². The summed E-state index contributed by atoms with van der Waals surface area (Å²) in [7, 11) is 0. The zero-order chi connectivity index (χ0) is 38.5. The maximum Gasteiger partial charge on any atom is 0.235 e. The molecule has 3 aliphatic carbocycles. The Labute approximate surface area is 317 Å². The third-order valence-corrected chi connectivity index (χ3v) is 13.2. The van der Waals surface area contributed by atoms with Crippen molar-refractivity contribution in [2.75, 3.05) is 6.61 Å². The lowest BCUT2D eigenvalue weighted by molar-refractivity contribution is -0.159. The van der Waals surface area contributed by atoms with Crippen molar-refractivity contribution in [3.63, 3.8) is 0 Å². The Bertz CT molecular complexity index is 1950. The van der Waals surface area contributed by atoms with E-state index in [9.17, 15) is 20.1 Å². The van der Waals surface area contributed by atoms with Gasteiger partial charge in [-0.3, -0.25) is 14.4 Å². The van der Waals surface area contributed by atoms with Gasteiger partial charge >= 0.3 is 0 Å². The van der Waals surface area contributed by atoms with Gasteiger partial charge in [-0.05, 0) is 67.7 Å². The van der Waals surface area contributed by atoms with Crippen molar-refractivity contribution >= 4 is 28.4 Å². The number of para-hydroxylation sites is 1. The van der Waals surface area contributed by atoms with Crippen LogP contribution >= 0.6 is 0 Å². The molecule has 1 spiro atoms. The van der Waals surface area contributed by atoms with Crippen LogP contribution in [0.3, 0.4) is 0 Å². The molecule has 5 aliphatic rings. The summed E-state index contributed by atoms with van der Waals surface area (Å²) in [6.45, 7) is 12.1. The Morgan fingerprint density at radius 3 is 2.57 bits per heavy atom. The second-order valence-corrected chi connectivity index (χ2v) is 16.3. The predicted octanol–water partition coefficient (Wildman–Crippen LogP) is 5.35. The summed E-state index contributed by atoms with van der Waals surface area (Å²) in [5.41, 5.74) is 1.27. The zero-order valence-electron chi connectivity index (χ0n) is 31.6. The van der Waals surface area contributed by atoms with Crippen molar-refractivity contribution in [2.45, 2.75) is 77.4 Å². The lowest BCUT2D eigenvalue weighted by atomic mass is 9.49. The van der Waals surface area contributed by atoms with Gasteiger partial charge in [0.05, 0.1) is 24.9 Å². The highest BCUT2D eigenvalue weighted by Gasteiger charge is 2.70. The zero-order valence-corrected chi connectivity index (χ0v) is 31.6. The molecule has 0 bridgehead atoms. The molecule has 2 saturated heterocycles. The smallest absolute Gasteiger partial charge is 0.235 e. The number of hydrogen-bond acceptors (Lipinski definition) is 7. The average Bonchev–Trinajstić information content (AvgIpc) is 3.83. The highest BCUT2D eigenvalue weighted by atomic mass is 16.5. The molecule has 1 aromatic heterocycles. The second-order valence-electron chi connectivity index (χ2n) is 16.3. The number of hydrogen-bond donors (Lipinski definition) is 5. The number of aromatic nitrogens is 1. The number of amides is 1. The number of aliphatic hydroxyl groups excluding tert-OH is 3. The molecule has 7 rings (SSSR count). The van der Waals surface area contributed by atoms with Gasteiger partial charge in [-0.25, -0.2) is 0 Å². The molecule has 3 fully saturated rings. The molecule has 1 aromatic carbocycles. The Kier molecular flexibility index (Phi) is 10.7. The van der Waals surface area contributed by atoms with Gasteiger partial charge in [-0.2, -0.15) is 0 Å². The van der Waals surface area contributed by atoms with Crippen LogP contribution < -0.4 is 5.32 Å². The van der Waals surface area contributed by atoms with Gasteiger partial charge in [0, 0.05) is 58.6 Å². The van der Waals surface area contributed by atoms with Gasteiger partial charge in [-0.15, -0.1) is 0 Å². The molecular formula is C45H54N2O7. The lowest BCUT2D eigenvalue weighted by Gasteiger charge is -2.51. The molecule has 0 radical (unpaired) electrons. The number of aliphatic hydroxyl groups is 3. The number of H-pyrrole nitrogens is 1. The Hall–Kier alpha value is -4.15. The van der Waals surface area contributed by atoms with Crippen molar-refractivity contribution in [3.8, 4) is 0 Å². The molecule has 0 unspecified atom stereocenters. The van der Waals surface area contributed by atoms with Crippen LogP contribution in [-0.4, -0.2) is 74.8 Å². The predicted molar refractivity (Wildman–Crippen MR) is 208 cm³/mol.